The number of rotatable bonds is 7. The van der Waals surface area contributed by atoms with Gasteiger partial charge in [0.2, 0.25) is 5.91 Å². The number of carbonyl (C=O) groups is 1. The number of carbonyl (C=O) groups excluding carboxylic acids is 1. The van der Waals surface area contributed by atoms with E-state index in [9.17, 15) is 4.79 Å². The molecule has 1 saturated heterocycles. The summed E-state index contributed by atoms with van der Waals surface area (Å²) in [4.78, 5) is 14.6. The van der Waals surface area contributed by atoms with Crippen molar-refractivity contribution in [3.63, 3.8) is 0 Å². The summed E-state index contributed by atoms with van der Waals surface area (Å²) in [6.45, 7) is 4.28. The SMILES string of the molecule is O=C(Cc1cccc2ccccc12)NCCNc1cc(N2CCOCC2)cnn1. The normalized spacial score (nSPS) is 14.0. The van der Waals surface area contributed by atoms with Crippen molar-refractivity contribution in [1.29, 1.82) is 0 Å². The molecule has 29 heavy (non-hydrogen) atoms. The van der Waals surface area contributed by atoms with Crippen molar-refractivity contribution >= 4 is 28.2 Å². The van der Waals surface area contributed by atoms with Crippen LogP contribution >= 0.6 is 0 Å². The smallest absolute Gasteiger partial charge is 0.224 e. The maximum atomic E-state index is 12.3. The number of fused-ring (bicyclic) bond motifs is 1. The fourth-order valence-corrected chi connectivity index (χ4v) is 3.51. The lowest BCUT2D eigenvalue weighted by Gasteiger charge is -2.28. The molecule has 0 unspecified atom stereocenters. The second-order valence-corrected chi connectivity index (χ2v) is 6.99. The Kier molecular flexibility index (Phi) is 6.16. The van der Waals surface area contributed by atoms with Crippen molar-refractivity contribution in [1.82, 2.24) is 15.5 Å². The largest absolute Gasteiger partial charge is 0.378 e. The number of anilines is 2. The maximum Gasteiger partial charge on any atom is 0.224 e. The average Bonchev–Trinajstić information content (AvgIpc) is 2.78. The van der Waals surface area contributed by atoms with Gasteiger partial charge in [-0.05, 0) is 16.3 Å². The van der Waals surface area contributed by atoms with E-state index in [2.05, 4.69) is 43.9 Å². The van der Waals surface area contributed by atoms with Crippen LogP contribution in [0.3, 0.4) is 0 Å². The van der Waals surface area contributed by atoms with E-state index in [0.717, 1.165) is 48.3 Å². The highest BCUT2D eigenvalue weighted by Gasteiger charge is 2.12. The van der Waals surface area contributed by atoms with Crippen molar-refractivity contribution in [2.24, 2.45) is 0 Å². The molecule has 1 aliphatic heterocycles. The number of ether oxygens (including phenoxy) is 1. The fraction of sp³-hybridized carbons (Fsp3) is 0.318. The number of benzene rings is 2. The molecule has 1 fully saturated rings. The van der Waals surface area contributed by atoms with Gasteiger partial charge in [0.25, 0.3) is 0 Å². The number of aromatic nitrogens is 2. The highest BCUT2D eigenvalue weighted by atomic mass is 16.5. The van der Waals surface area contributed by atoms with Gasteiger partial charge in [-0.25, -0.2) is 0 Å². The van der Waals surface area contributed by atoms with Crippen molar-refractivity contribution in [3.8, 4) is 0 Å². The molecular formula is C22H25N5O2. The standard InChI is InChI=1S/C22H25N5O2/c28-22(14-18-6-3-5-17-4-1-2-7-20(17)18)24-9-8-23-21-15-19(16-25-26-21)27-10-12-29-13-11-27/h1-7,15-16H,8-14H2,(H,23,26)(H,24,28). The fourth-order valence-electron chi connectivity index (χ4n) is 3.51. The third-order valence-electron chi connectivity index (χ3n) is 5.00. The minimum Gasteiger partial charge on any atom is -0.378 e. The summed E-state index contributed by atoms with van der Waals surface area (Å²) in [6.07, 6.45) is 2.14. The molecule has 0 radical (unpaired) electrons. The van der Waals surface area contributed by atoms with Crippen LogP contribution in [0.15, 0.2) is 54.7 Å². The van der Waals surface area contributed by atoms with E-state index in [1.165, 1.54) is 0 Å². The Morgan fingerprint density at radius 3 is 2.79 bits per heavy atom. The predicted molar refractivity (Wildman–Crippen MR) is 114 cm³/mol. The zero-order chi connectivity index (χ0) is 19.9. The first-order chi connectivity index (χ1) is 14.3. The lowest BCUT2D eigenvalue weighted by molar-refractivity contribution is -0.120. The third kappa shape index (κ3) is 5.00. The molecule has 7 heteroatoms. The summed E-state index contributed by atoms with van der Waals surface area (Å²) in [5.74, 6) is 0.716. The highest BCUT2D eigenvalue weighted by molar-refractivity contribution is 5.90. The molecule has 3 aromatic rings. The summed E-state index contributed by atoms with van der Waals surface area (Å²) in [6, 6.07) is 16.2. The van der Waals surface area contributed by atoms with Gasteiger partial charge in [-0.1, -0.05) is 42.5 Å². The Morgan fingerprint density at radius 1 is 1.07 bits per heavy atom. The molecular weight excluding hydrogens is 366 g/mol. The monoisotopic (exact) mass is 391 g/mol. The second kappa shape index (κ2) is 9.34. The Labute approximate surface area is 170 Å². The average molecular weight is 391 g/mol. The van der Waals surface area contributed by atoms with Gasteiger partial charge in [0, 0.05) is 32.2 Å². The number of nitrogens with one attached hydrogen (secondary N) is 2. The van der Waals surface area contributed by atoms with Gasteiger partial charge in [0.15, 0.2) is 5.82 Å². The zero-order valence-electron chi connectivity index (χ0n) is 16.3. The van der Waals surface area contributed by atoms with Crippen LogP contribution in [0.25, 0.3) is 10.8 Å². The molecule has 4 rings (SSSR count). The number of morpholine rings is 1. The molecule has 150 valence electrons. The molecule has 7 nitrogen and oxygen atoms in total. The van der Waals surface area contributed by atoms with Gasteiger partial charge in [0.05, 0.1) is 31.5 Å². The van der Waals surface area contributed by atoms with Crippen LogP contribution in [-0.4, -0.2) is 55.5 Å². The maximum absolute atomic E-state index is 12.3. The predicted octanol–water partition coefficient (Wildman–Crippen LogP) is 2.24. The van der Waals surface area contributed by atoms with Crippen molar-refractivity contribution < 1.29 is 9.53 Å². The summed E-state index contributed by atoms with van der Waals surface area (Å²) in [5.41, 5.74) is 2.07. The molecule has 1 aliphatic rings. The molecule has 2 heterocycles. The number of hydrogen-bond donors (Lipinski definition) is 2. The molecule has 2 aromatic carbocycles. The molecule has 0 atom stereocenters. The van der Waals surface area contributed by atoms with E-state index >= 15 is 0 Å². The van der Waals surface area contributed by atoms with Crippen molar-refractivity contribution in [2.75, 3.05) is 49.6 Å². The van der Waals surface area contributed by atoms with Crippen molar-refractivity contribution in [2.45, 2.75) is 6.42 Å². The van der Waals surface area contributed by atoms with Crippen molar-refractivity contribution in [3.05, 3.63) is 60.3 Å². The van der Waals surface area contributed by atoms with E-state index in [1.807, 2.05) is 30.3 Å². The second-order valence-electron chi connectivity index (χ2n) is 6.99. The van der Waals surface area contributed by atoms with Crippen LogP contribution < -0.4 is 15.5 Å². The van der Waals surface area contributed by atoms with E-state index in [0.29, 0.717) is 25.3 Å². The van der Waals surface area contributed by atoms with Gasteiger partial charge < -0.3 is 20.3 Å². The minimum atomic E-state index is 0.0105. The first-order valence-electron chi connectivity index (χ1n) is 9.92. The molecule has 0 bridgehead atoms. The Bertz CT molecular complexity index is 967. The van der Waals surface area contributed by atoms with E-state index in [1.54, 1.807) is 6.20 Å². The number of hydrogen-bond acceptors (Lipinski definition) is 6. The summed E-state index contributed by atoms with van der Waals surface area (Å²) in [7, 11) is 0. The highest BCUT2D eigenvalue weighted by Crippen LogP contribution is 2.19. The molecule has 1 amide bonds. The Hall–Kier alpha value is -3.19. The van der Waals surface area contributed by atoms with E-state index in [-0.39, 0.29) is 5.91 Å². The summed E-state index contributed by atoms with van der Waals surface area (Å²) in [5, 5.41) is 16.7. The van der Waals surface area contributed by atoms with Gasteiger partial charge in [-0.2, -0.15) is 5.10 Å². The van der Waals surface area contributed by atoms with Gasteiger partial charge >= 0.3 is 0 Å². The zero-order valence-corrected chi connectivity index (χ0v) is 16.3. The van der Waals surface area contributed by atoms with Crippen LogP contribution in [-0.2, 0) is 16.0 Å². The molecule has 0 saturated carbocycles. The molecule has 1 aromatic heterocycles. The van der Waals surface area contributed by atoms with E-state index in [4.69, 9.17) is 4.74 Å². The van der Waals surface area contributed by atoms with Gasteiger partial charge in [-0.15, -0.1) is 5.10 Å². The van der Waals surface area contributed by atoms with E-state index < -0.39 is 0 Å². The quantitative estimate of drug-likeness (QED) is 0.602. The van der Waals surface area contributed by atoms with Crippen LogP contribution in [0.1, 0.15) is 5.56 Å². The topological polar surface area (TPSA) is 79.4 Å². The van der Waals surface area contributed by atoms with Gasteiger partial charge in [0.1, 0.15) is 0 Å². The summed E-state index contributed by atoms with van der Waals surface area (Å²) >= 11 is 0. The molecule has 2 N–H and O–H groups in total. The minimum absolute atomic E-state index is 0.0105. The van der Waals surface area contributed by atoms with Crippen LogP contribution in [0, 0.1) is 0 Å². The van der Waals surface area contributed by atoms with Crippen LogP contribution in [0.2, 0.25) is 0 Å². The first kappa shape index (κ1) is 19.1. The number of nitrogens with zero attached hydrogens (tertiary/aromatic N) is 3. The molecule has 0 spiro atoms. The Balaban J connectivity index is 1.25. The first-order valence-corrected chi connectivity index (χ1v) is 9.92. The molecule has 0 aliphatic carbocycles. The number of amides is 1. The summed E-state index contributed by atoms with van der Waals surface area (Å²) < 4.78 is 5.39. The lowest BCUT2D eigenvalue weighted by atomic mass is 10.0. The lowest BCUT2D eigenvalue weighted by Crippen LogP contribution is -2.36. The Morgan fingerprint density at radius 2 is 1.90 bits per heavy atom. The van der Waals surface area contributed by atoms with Crippen LogP contribution in [0.4, 0.5) is 11.5 Å². The van der Waals surface area contributed by atoms with Gasteiger partial charge in [-0.3, -0.25) is 4.79 Å². The van der Waals surface area contributed by atoms with Crippen LogP contribution in [0.5, 0.6) is 0 Å². The third-order valence-corrected chi connectivity index (χ3v) is 5.00.